The number of aromatic nitrogens is 3. The van der Waals surface area contributed by atoms with Crippen molar-refractivity contribution in [3.63, 3.8) is 0 Å². The Balaban J connectivity index is 2.20. The van der Waals surface area contributed by atoms with Crippen molar-refractivity contribution in [2.24, 2.45) is 0 Å². The largest absolute Gasteiger partial charge is 0.344 e. The van der Waals surface area contributed by atoms with E-state index >= 15 is 0 Å². The minimum atomic E-state index is -0.259. The predicted molar refractivity (Wildman–Crippen MR) is 71.2 cm³/mol. The number of aromatic amines is 1. The fraction of sp³-hybridized carbons (Fsp3) is 0.364. The zero-order valence-corrected chi connectivity index (χ0v) is 11.3. The van der Waals surface area contributed by atoms with Crippen molar-refractivity contribution in [2.75, 3.05) is 13.6 Å². The number of likely N-dealkylation sites (tertiary alicyclic amines) is 1. The SMILES string of the molecule is CN1CCC(n2c(=S)[nH]c3cc(Cl)cnc32)C1=O. The van der Waals surface area contributed by atoms with Crippen LogP contribution in [0.15, 0.2) is 12.3 Å². The second kappa shape index (κ2) is 4.07. The van der Waals surface area contributed by atoms with Crippen molar-refractivity contribution in [3.8, 4) is 0 Å². The maximum Gasteiger partial charge on any atom is 0.245 e. The van der Waals surface area contributed by atoms with Crippen molar-refractivity contribution < 1.29 is 4.79 Å². The van der Waals surface area contributed by atoms with Crippen LogP contribution >= 0.6 is 23.8 Å². The number of nitrogens with zero attached hydrogens (tertiary/aromatic N) is 3. The normalized spacial score (nSPS) is 20.0. The second-order valence-corrected chi connectivity index (χ2v) is 5.21. The van der Waals surface area contributed by atoms with E-state index in [1.165, 1.54) is 0 Å². The average molecular weight is 283 g/mol. The molecule has 1 N–H and O–H groups in total. The molecule has 0 radical (unpaired) electrons. The molecule has 1 unspecified atom stereocenters. The molecule has 1 saturated heterocycles. The zero-order valence-electron chi connectivity index (χ0n) is 9.68. The minimum Gasteiger partial charge on any atom is -0.344 e. The van der Waals surface area contributed by atoms with Gasteiger partial charge in [0.2, 0.25) is 5.91 Å². The van der Waals surface area contributed by atoms with Crippen LogP contribution in [0.1, 0.15) is 12.5 Å². The number of likely N-dealkylation sites (N-methyl/N-ethyl adjacent to an activating group) is 1. The summed E-state index contributed by atoms with van der Waals surface area (Å²) in [5.41, 5.74) is 1.44. The smallest absolute Gasteiger partial charge is 0.245 e. The van der Waals surface area contributed by atoms with Crippen molar-refractivity contribution in [2.45, 2.75) is 12.5 Å². The van der Waals surface area contributed by atoms with Gasteiger partial charge in [-0.1, -0.05) is 11.6 Å². The van der Waals surface area contributed by atoms with Gasteiger partial charge in [-0.15, -0.1) is 0 Å². The lowest BCUT2D eigenvalue weighted by Crippen LogP contribution is -2.24. The van der Waals surface area contributed by atoms with Gasteiger partial charge in [0.1, 0.15) is 6.04 Å². The van der Waals surface area contributed by atoms with Gasteiger partial charge in [-0.25, -0.2) is 4.98 Å². The van der Waals surface area contributed by atoms with E-state index in [0.29, 0.717) is 15.4 Å². The number of pyridine rings is 1. The van der Waals surface area contributed by atoms with Gasteiger partial charge in [0.05, 0.1) is 10.5 Å². The molecule has 0 spiro atoms. The van der Waals surface area contributed by atoms with Gasteiger partial charge in [-0.2, -0.15) is 0 Å². The third-order valence-electron chi connectivity index (χ3n) is 3.23. The van der Waals surface area contributed by atoms with Gasteiger partial charge in [0.15, 0.2) is 10.4 Å². The van der Waals surface area contributed by atoms with E-state index in [1.54, 1.807) is 28.8 Å². The standard InChI is InChI=1S/C11H11ClN4OS/c1-15-3-2-8(10(15)17)16-9-7(14-11(16)18)4-6(12)5-13-9/h4-5,8H,2-3H2,1H3,(H,14,18). The Kier molecular flexibility index (Phi) is 2.64. The fourth-order valence-corrected chi connectivity index (χ4v) is 2.80. The highest BCUT2D eigenvalue weighted by Crippen LogP contribution is 2.27. The first-order valence-electron chi connectivity index (χ1n) is 5.58. The molecule has 18 heavy (non-hydrogen) atoms. The molecular weight excluding hydrogens is 272 g/mol. The number of amides is 1. The highest BCUT2D eigenvalue weighted by Gasteiger charge is 2.32. The molecule has 5 nitrogen and oxygen atoms in total. The molecular formula is C11H11ClN4OS. The van der Waals surface area contributed by atoms with Gasteiger partial charge >= 0.3 is 0 Å². The number of carbonyl (C=O) groups excluding carboxylic acids is 1. The summed E-state index contributed by atoms with van der Waals surface area (Å²) in [6, 6.07) is 1.50. The Hall–Kier alpha value is -1.40. The Morgan fingerprint density at radius 2 is 2.39 bits per heavy atom. The fourth-order valence-electron chi connectivity index (χ4n) is 2.32. The Morgan fingerprint density at radius 1 is 1.61 bits per heavy atom. The maximum absolute atomic E-state index is 12.1. The predicted octanol–water partition coefficient (Wildman–Crippen LogP) is 2.15. The highest BCUT2D eigenvalue weighted by atomic mass is 35.5. The molecule has 2 aromatic rings. The number of nitrogens with one attached hydrogen (secondary N) is 1. The van der Waals surface area contributed by atoms with Gasteiger partial charge in [-0.05, 0) is 24.7 Å². The third kappa shape index (κ3) is 1.64. The van der Waals surface area contributed by atoms with Crippen LogP contribution in [0.4, 0.5) is 0 Å². The van der Waals surface area contributed by atoms with Crippen LogP contribution in [0, 0.1) is 4.77 Å². The quantitative estimate of drug-likeness (QED) is 0.816. The second-order valence-electron chi connectivity index (χ2n) is 4.39. The summed E-state index contributed by atoms with van der Waals surface area (Å²) < 4.78 is 2.29. The summed E-state index contributed by atoms with van der Waals surface area (Å²) in [6.45, 7) is 0.742. The molecule has 0 saturated carbocycles. The number of halogens is 1. The van der Waals surface area contributed by atoms with Crippen LogP contribution in [0.2, 0.25) is 5.02 Å². The van der Waals surface area contributed by atoms with E-state index < -0.39 is 0 Å². The first kappa shape index (κ1) is 11.7. The van der Waals surface area contributed by atoms with Crippen LogP contribution in [0.3, 0.4) is 0 Å². The summed E-state index contributed by atoms with van der Waals surface area (Å²) in [6.07, 6.45) is 2.31. The number of carbonyl (C=O) groups is 1. The molecule has 3 heterocycles. The number of imidazole rings is 1. The van der Waals surface area contributed by atoms with Crippen LogP contribution < -0.4 is 0 Å². The molecule has 1 amide bonds. The Morgan fingerprint density at radius 3 is 3.06 bits per heavy atom. The van der Waals surface area contributed by atoms with E-state index in [9.17, 15) is 4.79 Å². The molecule has 94 valence electrons. The van der Waals surface area contributed by atoms with E-state index in [2.05, 4.69) is 9.97 Å². The van der Waals surface area contributed by atoms with Crippen LogP contribution in [-0.4, -0.2) is 38.9 Å². The highest BCUT2D eigenvalue weighted by molar-refractivity contribution is 7.71. The molecule has 2 aromatic heterocycles. The summed E-state index contributed by atoms with van der Waals surface area (Å²) in [7, 11) is 1.80. The topological polar surface area (TPSA) is 53.9 Å². The van der Waals surface area contributed by atoms with Gasteiger partial charge < -0.3 is 9.88 Å². The Labute approximate surface area is 113 Å². The molecule has 1 atom stereocenters. The average Bonchev–Trinajstić information content (AvgIpc) is 2.80. The lowest BCUT2D eigenvalue weighted by atomic mass is 10.2. The summed E-state index contributed by atoms with van der Waals surface area (Å²) in [5.74, 6) is 0.0729. The number of hydrogen-bond donors (Lipinski definition) is 1. The van der Waals surface area contributed by atoms with Crippen LogP contribution in [0.5, 0.6) is 0 Å². The van der Waals surface area contributed by atoms with E-state index in [1.807, 2.05) is 0 Å². The third-order valence-corrected chi connectivity index (χ3v) is 3.74. The summed E-state index contributed by atoms with van der Waals surface area (Å²) in [4.78, 5) is 21.1. The van der Waals surface area contributed by atoms with Gasteiger partial charge in [-0.3, -0.25) is 9.36 Å². The zero-order chi connectivity index (χ0) is 12.9. The van der Waals surface area contributed by atoms with E-state index in [4.69, 9.17) is 23.8 Å². The maximum atomic E-state index is 12.1. The molecule has 1 aliphatic heterocycles. The number of hydrogen-bond acceptors (Lipinski definition) is 3. The number of H-pyrrole nitrogens is 1. The van der Waals surface area contributed by atoms with Gasteiger partial charge in [0.25, 0.3) is 0 Å². The van der Waals surface area contributed by atoms with Crippen LogP contribution in [0.25, 0.3) is 11.2 Å². The molecule has 0 aliphatic carbocycles. The minimum absolute atomic E-state index is 0.0729. The molecule has 1 fully saturated rings. The van der Waals surface area contributed by atoms with Gasteiger partial charge in [0, 0.05) is 19.8 Å². The summed E-state index contributed by atoms with van der Waals surface area (Å²) >= 11 is 11.2. The first-order chi connectivity index (χ1) is 8.58. The summed E-state index contributed by atoms with van der Waals surface area (Å²) in [5, 5.41) is 0.542. The molecule has 7 heteroatoms. The lowest BCUT2D eigenvalue weighted by molar-refractivity contribution is -0.129. The first-order valence-corrected chi connectivity index (χ1v) is 6.37. The van der Waals surface area contributed by atoms with E-state index in [-0.39, 0.29) is 11.9 Å². The lowest BCUT2D eigenvalue weighted by Gasteiger charge is -2.12. The molecule has 0 aromatic carbocycles. The van der Waals surface area contributed by atoms with Crippen molar-refractivity contribution in [1.82, 2.24) is 19.4 Å². The van der Waals surface area contributed by atoms with Crippen LogP contribution in [-0.2, 0) is 4.79 Å². The molecule has 0 bridgehead atoms. The molecule has 1 aliphatic rings. The number of rotatable bonds is 1. The monoisotopic (exact) mass is 282 g/mol. The Bertz CT molecular complexity index is 692. The van der Waals surface area contributed by atoms with E-state index in [0.717, 1.165) is 18.5 Å². The van der Waals surface area contributed by atoms with Crippen molar-refractivity contribution >= 4 is 40.9 Å². The molecule has 3 rings (SSSR count). The number of fused-ring (bicyclic) bond motifs is 1. The van der Waals surface area contributed by atoms with Crippen molar-refractivity contribution in [1.29, 1.82) is 0 Å². The van der Waals surface area contributed by atoms with Crippen molar-refractivity contribution in [3.05, 3.63) is 22.1 Å².